The maximum Gasteiger partial charge on any atom is 0.341 e. The summed E-state index contributed by atoms with van der Waals surface area (Å²) in [4.78, 5) is 24.5. The number of carbonyl (C=O) groups is 1. The summed E-state index contributed by atoms with van der Waals surface area (Å²) >= 11 is 5.83. The molecule has 1 aromatic heterocycles. The number of phenols is 1. The molecule has 0 bridgehead atoms. The summed E-state index contributed by atoms with van der Waals surface area (Å²) in [6.45, 7) is 0. The van der Waals surface area contributed by atoms with E-state index in [4.69, 9.17) is 11.6 Å². The predicted molar refractivity (Wildman–Crippen MR) is 112 cm³/mol. The Bertz CT molecular complexity index is 1350. The first-order chi connectivity index (χ1) is 14.4. The molecule has 0 fully saturated rings. The third kappa shape index (κ3) is 3.31. The highest BCUT2D eigenvalue weighted by molar-refractivity contribution is 6.30. The van der Waals surface area contributed by atoms with Gasteiger partial charge in [0.2, 0.25) is 5.43 Å². The normalized spacial score (nSPS) is 11.0. The van der Waals surface area contributed by atoms with Crippen molar-refractivity contribution in [3.8, 4) is 11.4 Å². The van der Waals surface area contributed by atoms with Gasteiger partial charge in [-0.15, -0.1) is 0 Å². The standard InChI is InChI=1S/C23H15ClFNO4/c24-17-8-4-5-13(20(17)25)11-14-9-10-18-19(21(14)27)22(28)16(23(29)30)12-26(18)15-6-2-1-3-7-15/h1-10,12,27H,11H2,(H,29,30). The number of pyridine rings is 1. The predicted octanol–water partition coefficient (Wildman–Crippen LogP) is 4.78. The minimum atomic E-state index is -1.41. The summed E-state index contributed by atoms with van der Waals surface area (Å²) in [5.74, 6) is -2.40. The van der Waals surface area contributed by atoms with Gasteiger partial charge in [-0.05, 0) is 35.4 Å². The second kappa shape index (κ2) is 7.65. The molecular weight excluding hydrogens is 409 g/mol. The maximum absolute atomic E-state index is 14.3. The molecule has 150 valence electrons. The molecule has 7 heteroatoms. The Morgan fingerprint density at radius 3 is 2.43 bits per heavy atom. The third-order valence-electron chi connectivity index (χ3n) is 4.91. The molecule has 4 rings (SSSR count). The quantitative estimate of drug-likeness (QED) is 0.495. The molecule has 0 spiro atoms. The molecule has 1 heterocycles. The van der Waals surface area contributed by atoms with Crippen molar-refractivity contribution in [1.29, 1.82) is 0 Å². The van der Waals surface area contributed by atoms with E-state index in [1.807, 2.05) is 0 Å². The lowest BCUT2D eigenvalue weighted by atomic mass is 9.99. The second-order valence-electron chi connectivity index (χ2n) is 6.74. The van der Waals surface area contributed by atoms with Crippen LogP contribution in [0.3, 0.4) is 0 Å². The number of hydrogen-bond donors (Lipinski definition) is 2. The molecule has 2 N–H and O–H groups in total. The van der Waals surface area contributed by atoms with Gasteiger partial charge >= 0.3 is 5.97 Å². The molecule has 0 unspecified atom stereocenters. The summed E-state index contributed by atoms with van der Waals surface area (Å²) < 4.78 is 15.8. The van der Waals surface area contributed by atoms with Crippen molar-refractivity contribution in [3.05, 3.63) is 105 Å². The van der Waals surface area contributed by atoms with Gasteiger partial charge in [0, 0.05) is 18.3 Å². The van der Waals surface area contributed by atoms with E-state index in [2.05, 4.69) is 0 Å². The minimum absolute atomic E-state index is 0.0176. The zero-order valence-electron chi connectivity index (χ0n) is 15.5. The van der Waals surface area contributed by atoms with Gasteiger partial charge in [0.25, 0.3) is 0 Å². The lowest BCUT2D eigenvalue weighted by Crippen LogP contribution is -2.18. The van der Waals surface area contributed by atoms with Crippen molar-refractivity contribution >= 4 is 28.5 Å². The molecule has 4 aromatic rings. The monoisotopic (exact) mass is 423 g/mol. The van der Waals surface area contributed by atoms with E-state index in [0.29, 0.717) is 11.2 Å². The number of aromatic nitrogens is 1. The van der Waals surface area contributed by atoms with Crippen LogP contribution >= 0.6 is 11.6 Å². The Morgan fingerprint density at radius 2 is 1.73 bits per heavy atom. The summed E-state index contributed by atoms with van der Waals surface area (Å²) in [5, 5.41) is 20.2. The van der Waals surface area contributed by atoms with E-state index in [9.17, 15) is 24.2 Å². The van der Waals surface area contributed by atoms with Crippen LogP contribution in [0.2, 0.25) is 5.02 Å². The van der Waals surface area contributed by atoms with Crippen molar-refractivity contribution in [2.75, 3.05) is 0 Å². The van der Waals surface area contributed by atoms with Gasteiger partial charge in [0.1, 0.15) is 17.1 Å². The fourth-order valence-electron chi connectivity index (χ4n) is 3.43. The lowest BCUT2D eigenvalue weighted by Gasteiger charge is -2.15. The molecule has 0 radical (unpaired) electrons. The van der Waals surface area contributed by atoms with Crippen LogP contribution in [0.15, 0.2) is 71.7 Å². The van der Waals surface area contributed by atoms with Crippen LogP contribution in [-0.4, -0.2) is 20.7 Å². The number of phenolic OH excluding ortho intramolecular Hbond substituents is 1. The van der Waals surface area contributed by atoms with Crippen molar-refractivity contribution in [3.63, 3.8) is 0 Å². The molecular formula is C23H15ClFNO4. The lowest BCUT2D eigenvalue weighted by molar-refractivity contribution is 0.0695. The van der Waals surface area contributed by atoms with Crippen LogP contribution in [0.5, 0.6) is 5.75 Å². The molecule has 3 aromatic carbocycles. The number of para-hydroxylation sites is 1. The van der Waals surface area contributed by atoms with Gasteiger partial charge in [-0.25, -0.2) is 9.18 Å². The summed E-state index contributed by atoms with van der Waals surface area (Å²) in [5.41, 5.74) is 0.197. The van der Waals surface area contributed by atoms with Crippen LogP contribution in [0, 0.1) is 5.82 Å². The number of hydrogen-bond acceptors (Lipinski definition) is 3. The van der Waals surface area contributed by atoms with Crippen LogP contribution < -0.4 is 5.43 Å². The van der Waals surface area contributed by atoms with E-state index < -0.39 is 22.8 Å². The molecule has 0 aliphatic carbocycles. The number of halogens is 2. The first-order valence-corrected chi connectivity index (χ1v) is 9.38. The minimum Gasteiger partial charge on any atom is -0.507 e. The molecule has 0 aliphatic heterocycles. The van der Waals surface area contributed by atoms with E-state index in [1.165, 1.54) is 22.9 Å². The highest BCUT2D eigenvalue weighted by Gasteiger charge is 2.20. The molecule has 30 heavy (non-hydrogen) atoms. The Morgan fingerprint density at radius 1 is 1.00 bits per heavy atom. The highest BCUT2D eigenvalue weighted by Crippen LogP contribution is 2.31. The zero-order valence-corrected chi connectivity index (χ0v) is 16.2. The zero-order chi connectivity index (χ0) is 21.4. The number of benzene rings is 3. The average Bonchev–Trinajstić information content (AvgIpc) is 2.73. The number of rotatable bonds is 4. The first-order valence-electron chi connectivity index (χ1n) is 9.00. The van der Waals surface area contributed by atoms with Crippen LogP contribution in [-0.2, 0) is 6.42 Å². The van der Waals surface area contributed by atoms with Gasteiger partial charge < -0.3 is 14.8 Å². The SMILES string of the molecule is O=C(O)c1cn(-c2ccccc2)c2ccc(Cc3cccc(Cl)c3F)c(O)c2c1=O. The summed E-state index contributed by atoms with van der Waals surface area (Å²) in [6, 6.07) is 16.6. The Kier molecular flexibility index (Phi) is 5.01. The van der Waals surface area contributed by atoms with Crippen LogP contribution in [0.25, 0.3) is 16.6 Å². The highest BCUT2D eigenvalue weighted by atomic mass is 35.5. The fourth-order valence-corrected chi connectivity index (χ4v) is 3.62. The van der Waals surface area contributed by atoms with E-state index in [0.717, 1.165) is 0 Å². The van der Waals surface area contributed by atoms with Crippen molar-refractivity contribution in [1.82, 2.24) is 4.57 Å². The van der Waals surface area contributed by atoms with Crippen molar-refractivity contribution in [2.24, 2.45) is 0 Å². The van der Waals surface area contributed by atoms with Gasteiger partial charge in [-0.2, -0.15) is 0 Å². The molecule has 0 amide bonds. The summed E-state index contributed by atoms with van der Waals surface area (Å²) in [6.07, 6.45) is 1.22. The molecule has 0 saturated carbocycles. The topological polar surface area (TPSA) is 79.5 Å². The van der Waals surface area contributed by atoms with E-state index >= 15 is 0 Å². The average molecular weight is 424 g/mol. The molecule has 0 aliphatic rings. The second-order valence-corrected chi connectivity index (χ2v) is 7.15. The van der Waals surface area contributed by atoms with Gasteiger partial charge in [0.05, 0.1) is 15.9 Å². The van der Waals surface area contributed by atoms with Gasteiger partial charge in [-0.1, -0.05) is 48.0 Å². The Labute approximate surface area is 175 Å². The van der Waals surface area contributed by atoms with Crippen LogP contribution in [0.1, 0.15) is 21.5 Å². The van der Waals surface area contributed by atoms with E-state index in [-0.39, 0.29) is 33.7 Å². The number of nitrogens with zero attached hydrogens (tertiary/aromatic N) is 1. The molecule has 5 nitrogen and oxygen atoms in total. The number of aromatic hydroxyl groups is 1. The summed E-state index contributed by atoms with van der Waals surface area (Å²) in [7, 11) is 0. The maximum atomic E-state index is 14.3. The van der Waals surface area contributed by atoms with Crippen molar-refractivity contribution < 1.29 is 19.4 Å². The Balaban J connectivity index is 1.99. The largest absolute Gasteiger partial charge is 0.507 e. The molecule has 0 atom stereocenters. The number of carboxylic acid groups (broad SMARTS) is 1. The van der Waals surface area contributed by atoms with E-state index in [1.54, 1.807) is 48.5 Å². The number of aromatic carboxylic acids is 1. The number of carboxylic acids is 1. The fraction of sp³-hybridized carbons (Fsp3) is 0.0435. The molecule has 0 saturated heterocycles. The van der Waals surface area contributed by atoms with Gasteiger partial charge in [-0.3, -0.25) is 4.79 Å². The van der Waals surface area contributed by atoms with Crippen molar-refractivity contribution in [2.45, 2.75) is 6.42 Å². The third-order valence-corrected chi connectivity index (χ3v) is 5.20. The van der Waals surface area contributed by atoms with Crippen LogP contribution in [0.4, 0.5) is 4.39 Å². The smallest absolute Gasteiger partial charge is 0.341 e. The Hall–Kier alpha value is -3.64. The number of fused-ring (bicyclic) bond motifs is 1. The van der Waals surface area contributed by atoms with Gasteiger partial charge in [0.15, 0.2) is 0 Å². The first kappa shape index (κ1) is 19.7.